The van der Waals surface area contributed by atoms with Crippen LogP contribution in [0.4, 0.5) is 0 Å². The van der Waals surface area contributed by atoms with Gasteiger partial charge in [0.1, 0.15) is 5.75 Å². The number of nitrogens with one attached hydrogen (secondary N) is 1. The highest BCUT2D eigenvalue weighted by Gasteiger charge is 2.43. The van der Waals surface area contributed by atoms with Gasteiger partial charge in [0, 0.05) is 22.9 Å². The molecule has 2 aliphatic rings. The fourth-order valence-electron chi connectivity index (χ4n) is 4.27. The van der Waals surface area contributed by atoms with E-state index in [2.05, 4.69) is 5.32 Å². The maximum atomic E-state index is 13.5. The molecule has 0 fully saturated rings. The van der Waals surface area contributed by atoms with Crippen molar-refractivity contribution in [1.29, 1.82) is 0 Å². The van der Waals surface area contributed by atoms with E-state index >= 15 is 0 Å². The normalized spacial score (nSPS) is 17.7. The van der Waals surface area contributed by atoms with Gasteiger partial charge < -0.3 is 19.7 Å². The summed E-state index contributed by atoms with van der Waals surface area (Å²) in [6.45, 7) is 6.03. The zero-order valence-corrected chi connectivity index (χ0v) is 21.8. The Kier molecular flexibility index (Phi) is 8.15. The first kappa shape index (κ1) is 25.6. The molecular formula is C28H31N3O4S. The van der Waals surface area contributed by atoms with Crippen molar-refractivity contribution in [2.45, 2.75) is 45.7 Å². The number of hydrogen-bond donors (Lipinski definition) is 1. The van der Waals surface area contributed by atoms with Gasteiger partial charge >= 0.3 is 5.97 Å². The number of benzene rings is 2. The van der Waals surface area contributed by atoms with E-state index in [9.17, 15) is 9.59 Å². The lowest BCUT2D eigenvalue weighted by Crippen LogP contribution is -2.39. The van der Waals surface area contributed by atoms with Crippen molar-refractivity contribution in [2.24, 2.45) is 4.99 Å². The molecule has 0 unspecified atom stereocenters. The van der Waals surface area contributed by atoms with E-state index in [-0.39, 0.29) is 25.0 Å². The Bertz CT molecular complexity index is 1220. The molecule has 0 bridgehead atoms. The highest BCUT2D eigenvalue weighted by Crippen LogP contribution is 2.48. The molecule has 8 heteroatoms. The van der Waals surface area contributed by atoms with Gasteiger partial charge in [0.2, 0.25) is 5.91 Å². The minimum absolute atomic E-state index is 0.0753. The van der Waals surface area contributed by atoms with Crippen LogP contribution in [0.15, 0.2) is 76.3 Å². The lowest BCUT2D eigenvalue weighted by Gasteiger charge is -2.37. The largest absolute Gasteiger partial charge is 0.496 e. The number of amides is 1. The second-order valence-electron chi connectivity index (χ2n) is 8.54. The Hall–Kier alpha value is -3.52. The number of aliphatic imine (C=N–C) groups is 1. The van der Waals surface area contributed by atoms with Gasteiger partial charge in [-0.3, -0.25) is 4.79 Å². The Morgan fingerprint density at radius 3 is 2.53 bits per heavy atom. The van der Waals surface area contributed by atoms with Crippen molar-refractivity contribution in [3.8, 4) is 5.75 Å². The molecule has 2 aromatic rings. The summed E-state index contributed by atoms with van der Waals surface area (Å²) in [7, 11) is 1.61. The molecule has 0 spiro atoms. The second kappa shape index (κ2) is 11.5. The van der Waals surface area contributed by atoms with Crippen LogP contribution < -0.4 is 10.1 Å². The first-order valence-corrected chi connectivity index (χ1v) is 13.0. The number of para-hydroxylation sites is 1. The third kappa shape index (κ3) is 5.18. The minimum Gasteiger partial charge on any atom is -0.496 e. The van der Waals surface area contributed by atoms with Crippen LogP contribution in [0.5, 0.6) is 5.75 Å². The summed E-state index contributed by atoms with van der Waals surface area (Å²) in [5.74, 6) is 0.111. The van der Waals surface area contributed by atoms with Crippen LogP contribution in [-0.4, -0.2) is 41.7 Å². The van der Waals surface area contributed by atoms with E-state index in [0.29, 0.717) is 22.2 Å². The average Bonchev–Trinajstić information content (AvgIpc) is 3.30. The predicted octanol–water partition coefficient (Wildman–Crippen LogP) is 5.28. The molecule has 2 atom stereocenters. The summed E-state index contributed by atoms with van der Waals surface area (Å²) in [5.41, 5.74) is 3.34. The van der Waals surface area contributed by atoms with Crippen LogP contribution in [0.3, 0.4) is 0 Å². The standard InChI is InChI=1S/C28H31N3O4S/c1-5-18(3)29-23(32)16-20-17-36-28-30-25(19-12-8-7-9-13-19)24(27(33)35-6-2)26(31(20)28)21-14-10-11-15-22(21)34-4/h7-15,17-18,26H,5-6,16H2,1-4H3,(H,29,32)/t18-,26+/m0/s1. The molecule has 188 valence electrons. The minimum atomic E-state index is -0.583. The molecule has 0 aromatic heterocycles. The topological polar surface area (TPSA) is 80.2 Å². The second-order valence-corrected chi connectivity index (χ2v) is 9.37. The van der Waals surface area contributed by atoms with Gasteiger partial charge in [0.25, 0.3) is 0 Å². The number of hydrogen-bond acceptors (Lipinski definition) is 7. The average molecular weight is 506 g/mol. The van der Waals surface area contributed by atoms with E-state index in [4.69, 9.17) is 14.5 Å². The zero-order chi connectivity index (χ0) is 25.7. The summed E-state index contributed by atoms with van der Waals surface area (Å²) in [5, 5.41) is 5.67. The van der Waals surface area contributed by atoms with E-state index in [1.807, 2.05) is 78.8 Å². The molecule has 2 aromatic carbocycles. The predicted molar refractivity (Wildman–Crippen MR) is 143 cm³/mol. The molecule has 0 saturated heterocycles. The molecule has 4 rings (SSSR count). The summed E-state index contributed by atoms with van der Waals surface area (Å²) < 4.78 is 11.3. The highest BCUT2D eigenvalue weighted by atomic mass is 32.2. The molecule has 36 heavy (non-hydrogen) atoms. The van der Waals surface area contributed by atoms with Crippen molar-refractivity contribution in [1.82, 2.24) is 10.2 Å². The van der Waals surface area contributed by atoms with Gasteiger partial charge in [-0.25, -0.2) is 9.79 Å². The maximum Gasteiger partial charge on any atom is 0.338 e. The smallest absolute Gasteiger partial charge is 0.338 e. The van der Waals surface area contributed by atoms with Gasteiger partial charge in [-0.05, 0) is 31.7 Å². The number of rotatable bonds is 9. The van der Waals surface area contributed by atoms with Gasteiger partial charge in [-0.15, -0.1) is 0 Å². The van der Waals surface area contributed by atoms with Crippen LogP contribution in [0, 0.1) is 0 Å². The third-order valence-corrected chi connectivity index (χ3v) is 7.04. The quantitative estimate of drug-likeness (QED) is 0.468. The van der Waals surface area contributed by atoms with E-state index in [0.717, 1.165) is 23.2 Å². The molecule has 1 amide bonds. The maximum absolute atomic E-state index is 13.5. The molecule has 0 saturated carbocycles. The van der Waals surface area contributed by atoms with Crippen LogP contribution in [-0.2, 0) is 14.3 Å². The summed E-state index contributed by atoms with van der Waals surface area (Å²) in [6.07, 6.45) is 1.01. The van der Waals surface area contributed by atoms with Gasteiger partial charge in [-0.2, -0.15) is 0 Å². The van der Waals surface area contributed by atoms with Crippen molar-refractivity contribution in [3.05, 3.63) is 82.4 Å². The number of nitrogens with zero attached hydrogens (tertiary/aromatic N) is 2. The number of amidine groups is 1. The molecule has 2 heterocycles. The molecular weight excluding hydrogens is 474 g/mol. The summed E-state index contributed by atoms with van der Waals surface area (Å²) in [6, 6.07) is 16.7. The van der Waals surface area contributed by atoms with Gasteiger partial charge in [-0.1, -0.05) is 67.2 Å². The number of carbonyl (C=O) groups is 2. The fourth-order valence-corrected chi connectivity index (χ4v) is 5.19. The van der Waals surface area contributed by atoms with Crippen LogP contribution in [0.1, 0.15) is 50.8 Å². The van der Waals surface area contributed by atoms with E-state index < -0.39 is 12.0 Å². The molecule has 0 radical (unpaired) electrons. The molecule has 1 N–H and O–H groups in total. The number of fused-ring (bicyclic) bond motifs is 1. The zero-order valence-electron chi connectivity index (χ0n) is 21.0. The summed E-state index contributed by atoms with van der Waals surface area (Å²) in [4.78, 5) is 33.3. The summed E-state index contributed by atoms with van der Waals surface area (Å²) >= 11 is 1.45. The van der Waals surface area contributed by atoms with E-state index in [1.54, 1.807) is 14.0 Å². The van der Waals surface area contributed by atoms with Crippen molar-refractivity contribution in [2.75, 3.05) is 13.7 Å². The molecule has 2 aliphatic heterocycles. The first-order chi connectivity index (χ1) is 17.5. The lowest BCUT2D eigenvalue weighted by atomic mass is 9.91. The van der Waals surface area contributed by atoms with Crippen molar-refractivity contribution < 1.29 is 19.1 Å². The Morgan fingerprint density at radius 1 is 1.11 bits per heavy atom. The third-order valence-electron chi connectivity index (χ3n) is 6.15. The Balaban J connectivity index is 1.88. The molecule has 7 nitrogen and oxygen atoms in total. The number of thioether (sulfide) groups is 1. The first-order valence-electron chi connectivity index (χ1n) is 12.1. The number of ether oxygens (including phenoxy) is 2. The number of methoxy groups -OCH3 is 1. The highest BCUT2D eigenvalue weighted by molar-refractivity contribution is 8.16. The van der Waals surface area contributed by atoms with Gasteiger partial charge in [0.15, 0.2) is 5.17 Å². The SMILES string of the molecule is CCOC(=O)C1=C(c2ccccc2)N=C2SC=C(CC(=O)N[C@@H](C)CC)N2[C@@H]1c1ccccc1OC. The van der Waals surface area contributed by atoms with E-state index in [1.165, 1.54) is 11.8 Å². The van der Waals surface area contributed by atoms with Crippen molar-refractivity contribution >= 4 is 34.5 Å². The van der Waals surface area contributed by atoms with Crippen LogP contribution >= 0.6 is 11.8 Å². The van der Waals surface area contributed by atoms with Crippen molar-refractivity contribution in [3.63, 3.8) is 0 Å². The Morgan fingerprint density at radius 2 is 1.83 bits per heavy atom. The number of carbonyl (C=O) groups excluding carboxylic acids is 2. The Labute approximate surface area is 216 Å². The van der Waals surface area contributed by atoms with Crippen LogP contribution in [0.2, 0.25) is 0 Å². The van der Waals surface area contributed by atoms with Gasteiger partial charge in [0.05, 0.1) is 37.4 Å². The lowest BCUT2D eigenvalue weighted by molar-refractivity contribution is -0.139. The van der Waals surface area contributed by atoms with Crippen LogP contribution in [0.25, 0.3) is 5.70 Å². The monoisotopic (exact) mass is 505 g/mol. The number of esters is 1. The fraction of sp³-hybridized carbons (Fsp3) is 0.321. The molecule has 0 aliphatic carbocycles.